The fourth-order valence-electron chi connectivity index (χ4n) is 2.78. The van der Waals surface area contributed by atoms with Crippen molar-refractivity contribution in [3.8, 4) is 0 Å². The Morgan fingerprint density at radius 1 is 1.45 bits per heavy atom. The minimum atomic E-state index is 0.0482. The molecule has 0 saturated heterocycles. The number of nitrogens with zero attached hydrogens (tertiary/aromatic N) is 3. The van der Waals surface area contributed by atoms with Crippen LogP contribution in [0.3, 0.4) is 0 Å². The summed E-state index contributed by atoms with van der Waals surface area (Å²) in [5.74, 6) is 0.0482. The molecule has 3 rings (SSSR count). The van der Waals surface area contributed by atoms with E-state index in [9.17, 15) is 4.79 Å². The van der Waals surface area contributed by atoms with E-state index in [0.29, 0.717) is 4.88 Å². The highest BCUT2D eigenvalue weighted by atomic mass is 32.1. The van der Waals surface area contributed by atoms with Crippen LogP contribution in [0.1, 0.15) is 39.8 Å². The maximum absolute atomic E-state index is 12.8. The highest BCUT2D eigenvalue weighted by molar-refractivity contribution is 7.08. The van der Waals surface area contributed by atoms with E-state index in [0.717, 1.165) is 42.8 Å². The standard InChI is InChI=1S/C15H17N3OS/c1-3-12-14(20-17-16-12)15(19)18-9-5-8-11-7-4-6-10(2)13(11)18/h4,6-7H,3,5,8-9H2,1-2H3. The predicted octanol–water partition coefficient (Wildman–Crippen LogP) is 3.00. The molecule has 2 heterocycles. The summed E-state index contributed by atoms with van der Waals surface area (Å²) in [7, 11) is 0. The van der Waals surface area contributed by atoms with Crippen LogP contribution in [-0.2, 0) is 12.8 Å². The summed E-state index contributed by atoms with van der Waals surface area (Å²) in [6.07, 6.45) is 2.80. The Labute approximate surface area is 122 Å². The first-order valence-corrected chi connectivity index (χ1v) is 7.71. The molecular formula is C15H17N3OS. The molecule has 0 atom stereocenters. The Bertz CT molecular complexity index is 650. The van der Waals surface area contributed by atoms with Crippen molar-refractivity contribution in [2.75, 3.05) is 11.4 Å². The molecule has 4 nitrogen and oxygen atoms in total. The molecule has 1 aromatic heterocycles. The topological polar surface area (TPSA) is 46.1 Å². The summed E-state index contributed by atoms with van der Waals surface area (Å²) >= 11 is 1.20. The maximum Gasteiger partial charge on any atom is 0.271 e. The van der Waals surface area contributed by atoms with E-state index in [2.05, 4.69) is 34.7 Å². The number of carbonyl (C=O) groups excluding carboxylic acids is 1. The van der Waals surface area contributed by atoms with Crippen LogP contribution in [0, 0.1) is 6.92 Å². The maximum atomic E-state index is 12.8. The van der Waals surface area contributed by atoms with Gasteiger partial charge in [-0.25, -0.2) is 0 Å². The van der Waals surface area contributed by atoms with Gasteiger partial charge in [-0.15, -0.1) is 5.10 Å². The van der Waals surface area contributed by atoms with Crippen molar-refractivity contribution in [2.45, 2.75) is 33.1 Å². The number of anilines is 1. The summed E-state index contributed by atoms with van der Waals surface area (Å²) in [4.78, 5) is 15.4. The van der Waals surface area contributed by atoms with Gasteiger partial charge < -0.3 is 4.90 Å². The van der Waals surface area contributed by atoms with Gasteiger partial charge in [0.1, 0.15) is 4.88 Å². The Hall–Kier alpha value is -1.75. The third-order valence-corrected chi connectivity index (χ3v) is 4.51. The van der Waals surface area contributed by atoms with Crippen LogP contribution in [-0.4, -0.2) is 22.0 Å². The van der Waals surface area contributed by atoms with Crippen LogP contribution >= 0.6 is 11.5 Å². The summed E-state index contributed by atoms with van der Waals surface area (Å²) in [6, 6.07) is 6.25. The molecule has 1 aliphatic heterocycles. The van der Waals surface area contributed by atoms with Crippen molar-refractivity contribution in [3.63, 3.8) is 0 Å². The van der Waals surface area contributed by atoms with Crippen molar-refractivity contribution < 1.29 is 4.79 Å². The first-order valence-electron chi connectivity index (χ1n) is 6.94. The molecule has 0 N–H and O–H groups in total. The minimum absolute atomic E-state index is 0.0482. The second kappa shape index (κ2) is 5.32. The number of hydrogen-bond donors (Lipinski definition) is 0. The van der Waals surface area contributed by atoms with E-state index in [-0.39, 0.29) is 5.91 Å². The van der Waals surface area contributed by atoms with Crippen LogP contribution in [0.15, 0.2) is 18.2 Å². The molecule has 0 spiro atoms. The summed E-state index contributed by atoms with van der Waals surface area (Å²) in [5.41, 5.74) is 4.31. The third-order valence-electron chi connectivity index (χ3n) is 3.75. The van der Waals surface area contributed by atoms with Crippen LogP contribution in [0.4, 0.5) is 5.69 Å². The van der Waals surface area contributed by atoms with Crippen molar-refractivity contribution >= 4 is 23.1 Å². The number of para-hydroxylation sites is 1. The van der Waals surface area contributed by atoms with Gasteiger partial charge in [-0.1, -0.05) is 29.6 Å². The Morgan fingerprint density at radius 3 is 3.10 bits per heavy atom. The Morgan fingerprint density at radius 2 is 2.30 bits per heavy atom. The molecule has 1 amide bonds. The van der Waals surface area contributed by atoms with Gasteiger partial charge in [-0.3, -0.25) is 4.79 Å². The fourth-order valence-corrected chi connectivity index (χ4v) is 3.48. The van der Waals surface area contributed by atoms with Crippen molar-refractivity contribution in [1.82, 2.24) is 9.59 Å². The van der Waals surface area contributed by atoms with E-state index in [1.54, 1.807) is 0 Å². The van der Waals surface area contributed by atoms with Gasteiger partial charge in [0.15, 0.2) is 0 Å². The zero-order chi connectivity index (χ0) is 14.1. The molecule has 0 aliphatic carbocycles. The number of fused-ring (bicyclic) bond motifs is 1. The molecule has 2 aromatic rings. The summed E-state index contributed by atoms with van der Waals surface area (Å²) < 4.78 is 3.93. The van der Waals surface area contributed by atoms with Gasteiger partial charge in [0.05, 0.1) is 11.4 Å². The van der Waals surface area contributed by atoms with Gasteiger partial charge >= 0.3 is 0 Å². The number of aryl methyl sites for hydroxylation is 3. The number of rotatable bonds is 2. The zero-order valence-corrected chi connectivity index (χ0v) is 12.5. The first-order chi connectivity index (χ1) is 9.72. The van der Waals surface area contributed by atoms with E-state index < -0.39 is 0 Å². The van der Waals surface area contributed by atoms with Crippen molar-refractivity contribution in [3.05, 3.63) is 39.9 Å². The quantitative estimate of drug-likeness (QED) is 0.853. The largest absolute Gasteiger partial charge is 0.307 e. The van der Waals surface area contributed by atoms with E-state index in [1.165, 1.54) is 17.1 Å². The lowest BCUT2D eigenvalue weighted by Gasteiger charge is -2.30. The third kappa shape index (κ3) is 2.12. The highest BCUT2D eigenvalue weighted by Crippen LogP contribution is 2.32. The average molecular weight is 287 g/mol. The van der Waals surface area contributed by atoms with Crippen LogP contribution < -0.4 is 4.90 Å². The molecule has 20 heavy (non-hydrogen) atoms. The van der Waals surface area contributed by atoms with Gasteiger partial charge in [-0.2, -0.15) is 0 Å². The lowest BCUT2D eigenvalue weighted by Crippen LogP contribution is -2.36. The monoisotopic (exact) mass is 287 g/mol. The van der Waals surface area contributed by atoms with E-state index in [4.69, 9.17) is 0 Å². The fraction of sp³-hybridized carbons (Fsp3) is 0.400. The minimum Gasteiger partial charge on any atom is -0.307 e. The Balaban J connectivity index is 2.03. The number of aromatic nitrogens is 2. The molecule has 0 saturated carbocycles. The average Bonchev–Trinajstić information content (AvgIpc) is 2.94. The first kappa shape index (κ1) is 13.2. The van der Waals surface area contributed by atoms with Gasteiger partial charge in [0.25, 0.3) is 5.91 Å². The number of amides is 1. The molecule has 5 heteroatoms. The smallest absolute Gasteiger partial charge is 0.271 e. The van der Waals surface area contributed by atoms with Crippen LogP contribution in [0.2, 0.25) is 0 Å². The second-order valence-electron chi connectivity index (χ2n) is 5.05. The van der Waals surface area contributed by atoms with Crippen LogP contribution in [0.25, 0.3) is 0 Å². The molecule has 1 aromatic carbocycles. The molecular weight excluding hydrogens is 270 g/mol. The van der Waals surface area contributed by atoms with Crippen molar-refractivity contribution in [2.24, 2.45) is 0 Å². The molecule has 0 fully saturated rings. The highest BCUT2D eigenvalue weighted by Gasteiger charge is 2.27. The lowest BCUT2D eigenvalue weighted by molar-refractivity contribution is 0.0988. The number of hydrogen-bond acceptors (Lipinski definition) is 4. The summed E-state index contributed by atoms with van der Waals surface area (Å²) in [6.45, 7) is 4.84. The van der Waals surface area contributed by atoms with Gasteiger partial charge in [0.2, 0.25) is 0 Å². The van der Waals surface area contributed by atoms with E-state index >= 15 is 0 Å². The second-order valence-corrected chi connectivity index (χ2v) is 5.80. The lowest BCUT2D eigenvalue weighted by atomic mass is 9.98. The zero-order valence-electron chi connectivity index (χ0n) is 11.7. The molecule has 0 bridgehead atoms. The SMILES string of the molecule is CCc1nnsc1C(=O)N1CCCc2cccc(C)c21. The molecule has 104 valence electrons. The number of benzene rings is 1. The van der Waals surface area contributed by atoms with Gasteiger partial charge in [-0.05, 0) is 48.8 Å². The van der Waals surface area contributed by atoms with Crippen LogP contribution in [0.5, 0.6) is 0 Å². The molecule has 0 radical (unpaired) electrons. The van der Waals surface area contributed by atoms with E-state index in [1.807, 2.05) is 11.8 Å². The predicted molar refractivity (Wildman–Crippen MR) is 80.5 cm³/mol. The van der Waals surface area contributed by atoms with Crippen molar-refractivity contribution in [1.29, 1.82) is 0 Å². The van der Waals surface area contributed by atoms with Gasteiger partial charge in [0, 0.05) is 6.54 Å². The normalized spacial score (nSPS) is 14.2. The Kier molecular flexibility index (Phi) is 3.53. The molecule has 0 unspecified atom stereocenters. The number of carbonyl (C=O) groups is 1. The molecule has 1 aliphatic rings. The summed E-state index contributed by atoms with van der Waals surface area (Å²) in [5, 5.41) is 4.05.